The van der Waals surface area contributed by atoms with Crippen LogP contribution in [0.1, 0.15) is 26.2 Å². The summed E-state index contributed by atoms with van der Waals surface area (Å²) in [5, 5.41) is 11.8. The van der Waals surface area contributed by atoms with Crippen molar-refractivity contribution in [1.29, 1.82) is 0 Å². The molecule has 0 aromatic rings. The predicted molar refractivity (Wildman–Crippen MR) is 59.5 cm³/mol. The summed E-state index contributed by atoms with van der Waals surface area (Å²) in [4.78, 5) is 13.4. The van der Waals surface area contributed by atoms with E-state index in [9.17, 15) is 4.79 Å². The van der Waals surface area contributed by atoms with E-state index in [1.807, 2.05) is 11.9 Å². The zero-order chi connectivity index (χ0) is 11.3. The van der Waals surface area contributed by atoms with Gasteiger partial charge >= 0.3 is 0 Å². The molecule has 15 heavy (non-hydrogen) atoms. The molecule has 0 heterocycles. The van der Waals surface area contributed by atoms with Crippen LogP contribution in [0.5, 0.6) is 0 Å². The first-order chi connectivity index (χ1) is 7.15. The third-order valence-electron chi connectivity index (χ3n) is 2.88. The standard InChI is InChI=1S/C11H22N2O2/c1-9(5-6-14)7-12-8-11(15)13(2)10-3-4-10/h9-10,12,14H,3-8H2,1-2H3. The fourth-order valence-corrected chi connectivity index (χ4v) is 1.54. The Bertz CT molecular complexity index is 205. The Morgan fingerprint density at radius 1 is 1.60 bits per heavy atom. The number of amides is 1. The Labute approximate surface area is 91.6 Å². The van der Waals surface area contributed by atoms with Crippen molar-refractivity contribution in [2.45, 2.75) is 32.2 Å². The van der Waals surface area contributed by atoms with Crippen molar-refractivity contribution >= 4 is 5.91 Å². The van der Waals surface area contributed by atoms with Crippen LogP contribution in [0.25, 0.3) is 0 Å². The maximum atomic E-state index is 11.6. The molecule has 1 fully saturated rings. The van der Waals surface area contributed by atoms with Gasteiger partial charge in [-0.05, 0) is 31.7 Å². The first kappa shape index (κ1) is 12.5. The lowest BCUT2D eigenvalue weighted by molar-refractivity contribution is -0.129. The second-order valence-electron chi connectivity index (χ2n) is 4.48. The van der Waals surface area contributed by atoms with Crippen molar-refractivity contribution in [2.75, 3.05) is 26.7 Å². The maximum Gasteiger partial charge on any atom is 0.236 e. The molecule has 0 spiro atoms. The van der Waals surface area contributed by atoms with E-state index in [2.05, 4.69) is 12.2 Å². The molecule has 1 saturated carbocycles. The molecule has 0 aromatic heterocycles. The summed E-state index contributed by atoms with van der Waals surface area (Å²) in [6.45, 7) is 3.50. The first-order valence-electron chi connectivity index (χ1n) is 5.72. The van der Waals surface area contributed by atoms with Crippen LogP contribution < -0.4 is 5.32 Å². The number of aliphatic hydroxyl groups excluding tert-OH is 1. The minimum atomic E-state index is 0.175. The van der Waals surface area contributed by atoms with Crippen LogP contribution in [-0.4, -0.2) is 48.7 Å². The summed E-state index contributed by atoms with van der Waals surface area (Å²) < 4.78 is 0. The lowest BCUT2D eigenvalue weighted by Gasteiger charge is -2.17. The van der Waals surface area contributed by atoms with Crippen LogP contribution in [0.2, 0.25) is 0 Å². The van der Waals surface area contributed by atoms with Gasteiger partial charge in [0.25, 0.3) is 0 Å². The summed E-state index contributed by atoms with van der Waals surface area (Å²) in [5.74, 6) is 0.600. The van der Waals surface area contributed by atoms with Gasteiger partial charge in [0, 0.05) is 19.7 Å². The Morgan fingerprint density at radius 3 is 2.80 bits per heavy atom. The number of hydrogen-bond acceptors (Lipinski definition) is 3. The molecule has 1 amide bonds. The first-order valence-corrected chi connectivity index (χ1v) is 5.72. The normalized spacial score (nSPS) is 17.5. The smallest absolute Gasteiger partial charge is 0.236 e. The zero-order valence-corrected chi connectivity index (χ0v) is 9.70. The average molecular weight is 214 g/mol. The Morgan fingerprint density at radius 2 is 2.27 bits per heavy atom. The number of carbonyl (C=O) groups excluding carboxylic acids is 1. The van der Waals surface area contributed by atoms with Crippen molar-refractivity contribution in [2.24, 2.45) is 5.92 Å². The monoisotopic (exact) mass is 214 g/mol. The SMILES string of the molecule is CC(CCO)CNCC(=O)N(C)C1CC1. The summed E-state index contributed by atoms with van der Waals surface area (Å²) in [5.41, 5.74) is 0. The molecule has 0 bridgehead atoms. The van der Waals surface area contributed by atoms with Crippen LogP contribution in [0.15, 0.2) is 0 Å². The molecule has 1 aliphatic rings. The third kappa shape index (κ3) is 4.62. The highest BCUT2D eigenvalue weighted by Crippen LogP contribution is 2.24. The largest absolute Gasteiger partial charge is 0.396 e. The van der Waals surface area contributed by atoms with Gasteiger partial charge in [-0.15, -0.1) is 0 Å². The maximum absolute atomic E-state index is 11.6. The molecule has 0 aromatic carbocycles. The molecular weight excluding hydrogens is 192 g/mol. The fraction of sp³-hybridized carbons (Fsp3) is 0.909. The van der Waals surface area contributed by atoms with Crippen LogP contribution >= 0.6 is 0 Å². The van der Waals surface area contributed by atoms with Gasteiger partial charge in [0.15, 0.2) is 0 Å². The molecular formula is C11H22N2O2. The number of nitrogens with one attached hydrogen (secondary N) is 1. The molecule has 1 unspecified atom stereocenters. The summed E-state index contributed by atoms with van der Waals surface area (Å²) in [7, 11) is 1.87. The van der Waals surface area contributed by atoms with E-state index in [-0.39, 0.29) is 12.5 Å². The molecule has 0 radical (unpaired) electrons. The number of nitrogens with zero attached hydrogens (tertiary/aromatic N) is 1. The highest BCUT2D eigenvalue weighted by Gasteiger charge is 2.28. The van der Waals surface area contributed by atoms with Crippen LogP contribution in [-0.2, 0) is 4.79 Å². The second-order valence-corrected chi connectivity index (χ2v) is 4.48. The van der Waals surface area contributed by atoms with Gasteiger partial charge in [-0.2, -0.15) is 0 Å². The molecule has 1 atom stereocenters. The Hall–Kier alpha value is -0.610. The minimum absolute atomic E-state index is 0.175. The van der Waals surface area contributed by atoms with Crippen molar-refractivity contribution in [3.05, 3.63) is 0 Å². The second kappa shape index (κ2) is 6.08. The number of carbonyl (C=O) groups is 1. The zero-order valence-electron chi connectivity index (χ0n) is 9.70. The highest BCUT2D eigenvalue weighted by molar-refractivity contribution is 5.78. The molecule has 0 aliphatic heterocycles. The Balaban J connectivity index is 2.05. The Kier molecular flexibility index (Phi) is 5.05. The molecule has 1 aliphatic carbocycles. The predicted octanol–water partition coefficient (Wildman–Crippen LogP) is 0.215. The van der Waals surface area contributed by atoms with E-state index in [0.29, 0.717) is 18.5 Å². The summed E-state index contributed by atoms with van der Waals surface area (Å²) >= 11 is 0. The molecule has 4 nitrogen and oxygen atoms in total. The lowest BCUT2D eigenvalue weighted by Crippen LogP contribution is -2.38. The van der Waals surface area contributed by atoms with E-state index >= 15 is 0 Å². The highest BCUT2D eigenvalue weighted by atomic mass is 16.3. The average Bonchev–Trinajstić information content (AvgIpc) is 3.00. The molecule has 2 N–H and O–H groups in total. The van der Waals surface area contributed by atoms with Gasteiger partial charge in [0.1, 0.15) is 0 Å². The molecule has 1 rings (SSSR count). The van der Waals surface area contributed by atoms with Crippen LogP contribution in [0.4, 0.5) is 0 Å². The summed E-state index contributed by atoms with van der Waals surface area (Å²) in [6, 6.07) is 0.495. The van der Waals surface area contributed by atoms with Crippen LogP contribution in [0, 0.1) is 5.92 Å². The topological polar surface area (TPSA) is 52.6 Å². The molecule has 0 saturated heterocycles. The van der Waals surface area contributed by atoms with Crippen molar-refractivity contribution in [1.82, 2.24) is 10.2 Å². The van der Waals surface area contributed by atoms with Crippen molar-refractivity contribution < 1.29 is 9.90 Å². The minimum Gasteiger partial charge on any atom is -0.396 e. The lowest BCUT2D eigenvalue weighted by atomic mass is 10.1. The van der Waals surface area contributed by atoms with Crippen molar-refractivity contribution in [3.63, 3.8) is 0 Å². The number of aliphatic hydroxyl groups is 1. The van der Waals surface area contributed by atoms with E-state index < -0.39 is 0 Å². The number of likely N-dealkylation sites (N-methyl/N-ethyl adjacent to an activating group) is 1. The molecule has 88 valence electrons. The third-order valence-corrected chi connectivity index (χ3v) is 2.88. The van der Waals surface area contributed by atoms with Crippen molar-refractivity contribution in [3.8, 4) is 0 Å². The van der Waals surface area contributed by atoms with Gasteiger partial charge < -0.3 is 15.3 Å². The quantitative estimate of drug-likeness (QED) is 0.637. The summed E-state index contributed by atoms with van der Waals surface area (Å²) in [6.07, 6.45) is 3.10. The van der Waals surface area contributed by atoms with Gasteiger partial charge in [-0.3, -0.25) is 4.79 Å². The fourth-order valence-electron chi connectivity index (χ4n) is 1.54. The number of rotatable bonds is 7. The van der Waals surface area contributed by atoms with E-state index in [0.717, 1.165) is 25.8 Å². The van der Waals surface area contributed by atoms with E-state index in [4.69, 9.17) is 5.11 Å². The molecule has 4 heteroatoms. The van der Waals surface area contributed by atoms with Crippen LogP contribution in [0.3, 0.4) is 0 Å². The van der Waals surface area contributed by atoms with Gasteiger partial charge in [0.2, 0.25) is 5.91 Å². The van der Waals surface area contributed by atoms with E-state index in [1.165, 1.54) is 0 Å². The van der Waals surface area contributed by atoms with E-state index in [1.54, 1.807) is 0 Å². The van der Waals surface area contributed by atoms with Gasteiger partial charge in [-0.25, -0.2) is 0 Å². The number of hydrogen-bond donors (Lipinski definition) is 2. The van der Waals surface area contributed by atoms with Gasteiger partial charge in [-0.1, -0.05) is 6.92 Å². The van der Waals surface area contributed by atoms with Gasteiger partial charge in [0.05, 0.1) is 6.54 Å².